The number of imidazole rings is 1. The van der Waals surface area contributed by atoms with Gasteiger partial charge in [0.2, 0.25) is 23.5 Å². The lowest BCUT2D eigenvalue weighted by atomic mass is 9.85. The maximum atomic E-state index is 14.4. The number of ketones is 1. The molecule has 0 spiro atoms. The van der Waals surface area contributed by atoms with Gasteiger partial charge < -0.3 is 36.3 Å². The highest BCUT2D eigenvalue weighted by Gasteiger charge is 2.70. The smallest absolute Gasteiger partial charge is 0.328 e. The minimum absolute atomic E-state index is 0.0155. The van der Waals surface area contributed by atoms with Crippen molar-refractivity contribution in [3.8, 4) is 5.88 Å². The number of rotatable bonds is 13. The normalized spacial score (nSPS) is 23.2. The number of aromatic amines is 1. The Morgan fingerprint density at radius 3 is 2.23 bits per heavy atom. The summed E-state index contributed by atoms with van der Waals surface area (Å²) in [5, 5.41) is 21.2. The number of hydrogen-bond donors (Lipinski definition) is 6. The molecule has 5 amide bonds. The number of urea groups is 1. The maximum absolute atomic E-state index is 14.4. The van der Waals surface area contributed by atoms with Gasteiger partial charge in [-0.1, -0.05) is 74.3 Å². The summed E-state index contributed by atoms with van der Waals surface area (Å²) in [5.41, 5.74) is -2.03. The summed E-state index contributed by atoms with van der Waals surface area (Å²) in [7, 11) is 0. The molecule has 2 heterocycles. The van der Waals surface area contributed by atoms with Crippen LogP contribution in [0.15, 0.2) is 23.6 Å². The van der Waals surface area contributed by atoms with E-state index < -0.39 is 70.2 Å². The Bertz CT molecular complexity index is 1490. The minimum Gasteiger partial charge on any atom is -0.493 e. The zero-order valence-electron chi connectivity index (χ0n) is 29.4. The third kappa shape index (κ3) is 7.95. The molecule has 0 bridgehead atoms. The van der Waals surface area contributed by atoms with E-state index >= 15 is 0 Å². The number of fused-ring (bicyclic) bond motifs is 1. The summed E-state index contributed by atoms with van der Waals surface area (Å²) in [6.45, 7) is 19.2. The third-order valence-electron chi connectivity index (χ3n) is 10.2. The van der Waals surface area contributed by atoms with E-state index in [-0.39, 0.29) is 42.1 Å². The molecule has 6 atom stereocenters. The summed E-state index contributed by atoms with van der Waals surface area (Å²) < 4.78 is 1.12. The van der Waals surface area contributed by atoms with Gasteiger partial charge >= 0.3 is 11.7 Å². The summed E-state index contributed by atoms with van der Waals surface area (Å²) in [4.78, 5) is 83.8. The van der Waals surface area contributed by atoms with Gasteiger partial charge in [0.25, 0.3) is 5.91 Å². The van der Waals surface area contributed by atoms with Crippen LogP contribution in [0.2, 0.25) is 0 Å². The number of piperidine rings is 1. The van der Waals surface area contributed by atoms with Gasteiger partial charge in [0.15, 0.2) is 0 Å². The molecule has 14 nitrogen and oxygen atoms in total. The summed E-state index contributed by atoms with van der Waals surface area (Å²) >= 11 is 0. The second-order valence-electron chi connectivity index (χ2n) is 16.4. The Morgan fingerprint density at radius 2 is 1.71 bits per heavy atom. The van der Waals surface area contributed by atoms with Crippen LogP contribution in [0.5, 0.6) is 5.88 Å². The van der Waals surface area contributed by atoms with Gasteiger partial charge in [-0.05, 0) is 40.4 Å². The highest BCUT2D eigenvalue weighted by atomic mass is 16.3. The minimum atomic E-state index is -1.04. The lowest BCUT2D eigenvalue weighted by Gasteiger charge is -2.38. The molecule has 266 valence electrons. The van der Waals surface area contributed by atoms with Crippen molar-refractivity contribution < 1.29 is 29.1 Å². The van der Waals surface area contributed by atoms with Crippen molar-refractivity contribution >= 4 is 29.5 Å². The number of nitrogens with zero attached hydrogens (tertiary/aromatic N) is 2. The molecule has 0 radical (unpaired) electrons. The van der Waals surface area contributed by atoms with E-state index in [0.29, 0.717) is 13.0 Å². The van der Waals surface area contributed by atoms with Crippen LogP contribution in [0.25, 0.3) is 0 Å². The van der Waals surface area contributed by atoms with Gasteiger partial charge in [-0.15, -0.1) is 6.58 Å². The number of H-pyrrole nitrogens is 1. The van der Waals surface area contributed by atoms with Crippen LogP contribution in [0.4, 0.5) is 4.79 Å². The number of hydrogen-bond acceptors (Lipinski definition) is 7. The van der Waals surface area contributed by atoms with E-state index in [1.54, 1.807) is 0 Å². The van der Waals surface area contributed by atoms with Crippen molar-refractivity contribution in [2.75, 3.05) is 13.1 Å². The van der Waals surface area contributed by atoms with Gasteiger partial charge in [-0.3, -0.25) is 23.7 Å². The molecule has 3 aliphatic rings. The number of amides is 5. The molecular formula is C34H53N7O7. The molecule has 1 aromatic rings. The third-order valence-corrected chi connectivity index (χ3v) is 10.2. The second kappa shape index (κ2) is 13.4. The van der Waals surface area contributed by atoms with Gasteiger partial charge in [0.1, 0.15) is 12.1 Å². The molecule has 1 unspecified atom stereocenters. The Labute approximate surface area is 281 Å². The average molecular weight is 672 g/mol. The fourth-order valence-corrected chi connectivity index (χ4v) is 6.83. The Kier molecular flexibility index (Phi) is 10.3. The number of likely N-dealkylation sites (tertiary alicyclic amines) is 1. The Morgan fingerprint density at radius 1 is 1.06 bits per heavy atom. The molecule has 1 aliphatic heterocycles. The van der Waals surface area contributed by atoms with Crippen LogP contribution in [0, 0.1) is 34.0 Å². The summed E-state index contributed by atoms with van der Waals surface area (Å²) in [6, 6.07) is -4.19. The van der Waals surface area contributed by atoms with Crippen molar-refractivity contribution in [1.29, 1.82) is 0 Å². The molecule has 48 heavy (non-hydrogen) atoms. The zero-order chi connectivity index (χ0) is 35.9. The van der Waals surface area contributed by atoms with E-state index in [1.807, 2.05) is 55.4 Å². The monoisotopic (exact) mass is 671 g/mol. The predicted octanol–water partition coefficient (Wildman–Crippen LogP) is 1.65. The Hall–Kier alpha value is -4.10. The van der Waals surface area contributed by atoms with Crippen LogP contribution >= 0.6 is 0 Å². The van der Waals surface area contributed by atoms with Gasteiger partial charge in [-0.25, -0.2) is 9.59 Å². The maximum Gasteiger partial charge on any atom is 0.328 e. The van der Waals surface area contributed by atoms with Crippen molar-refractivity contribution in [3.05, 3.63) is 29.3 Å². The number of carbonyl (C=O) groups is 5. The van der Waals surface area contributed by atoms with E-state index in [0.717, 1.165) is 17.4 Å². The fourth-order valence-electron chi connectivity index (χ4n) is 6.83. The number of carbonyl (C=O) groups excluding carboxylic acids is 5. The lowest BCUT2D eigenvalue weighted by molar-refractivity contribution is -0.145. The fraction of sp³-hybridized carbons (Fsp3) is 0.706. The van der Waals surface area contributed by atoms with E-state index in [4.69, 9.17) is 0 Å². The van der Waals surface area contributed by atoms with Gasteiger partial charge in [-0.2, -0.15) is 0 Å². The van der Waals surface area contributed by atoms with Crippen LogP contribution in [-0.4, -0.2) is 86.4 Å². The van der Waals surface area contributed by atoms with Crippen LogP contribution in [0.3, 0.4) is 0 Å². The van der Waals surface area contributed by atoms with Crippen molar-refractivity contribution in [1.82, 2.24) is 35.7 Å². The van der Waals surface area contributed by atoms with Crippen LogP contribution in [0.1, 0.15) is 74.7 Å². The average Bonchev–Trinajstić information content (AvgIpc) is 3.79. The van der Waals surface area contributed by atoms with Crippen LogP contribution < -0.4 is 27.0 Å². The van der Waals surface area contributed by atoms with Crippen molar-refractivity contribution in [2.45, 2.75) is 105 Å². The SMILES string of the molecule is C=CCNC(=O)C(=O)C(CC1CC1)NC(=O)[C@@H]1[C@@H]2[C@H](CN1C(=O)[C@@H](NC(=O)N[C@H](Cn1c(O)c[nH]c1=O)C(C)(C)C)C(C)(C)C)C2(C)C. The van der Waals surface area contributed by atoms with Gasteiger partial charge in [0, 0.05) is 13.1 Å². The topological polar surface area (TPSA) is 195 Å². The van der Waals surface area contributed by atoms with Crippen LogP contribution in [-0.2, 0) is 25.7 Å². The second-order valence-corrected chi connectivity index (χ2v) is 16.4. The largest absolute Gasteiger partial charge is 0.493 e. The predicted molar refractivity (Wildman–Crippen MR) is 179 cm³/mol. The summed E-state index contributed by atoms with van der Waals surface area (Å²) in [6.07, 6.45) is 4.82. The first-order chi connectivity index (χ1) is 22.2. The number of nitrogens with one attached hydrogen (secondary N) is 5. The molecule has 3 fully saturated rings. The quantitative estimate of drug-likeness (QED) is 0.136. The molecule has 1 saturated heterocycles. The first kappa shape index (κ1) is 36.7. The Balaban J connectivity index is 1.54. The van der Waals surface area contributed by atoms with E-state index in [2.05, 4.69) is 32.8 Å². The van der Waals surface area contributed by atoms with Crippen molar-refractivity contribution in [2.24, 2.45) is 34.0 Å². The highest BCUT2D eigenvalue weighted by molar-refractivity contribution is 6.38. The first-order valence-corrected chi connectivity index (χ1v) is 16.8. The lowest BCUT2D eigenvalue weighted by Crippen LogP contribution is -2.62. The standard InChI is InChI=1S/C34H53N7O7/c1-10-13-35-28(45)25(43)20(14-18-11-12-18)37-27(44)24-23-19(34(23,8)9)16-41(24)29(46)26(33(5,6)7)39-30(47)38-21(32(2,3)4)17-40-22(42)15-36-31(40)48/h10,15,18-21,23-24,26,42H,1,11-14,16-17H2,2-9H3,(H,35,45)(H,36,48)(H,37,44)(H2,38,39,47)/t19-,20?,21+,23-,24-,26+/m0/s1. The van der Waals surface area contributed by atoms with E-state index in [9.17, 15) is 33.9 Å². The van der Waals surface area contributed by atoms with E-state index in [1.165, 1.54) is 17.2 Å². The molecule has 0 aromatic carbocycles. The number of aromatic hydroxyl groups is 1. The zero-order valence-corrected chi connectivity index (χ0v) is 29.4. The first-order valence-electron chi connectivity index (χ1n) is 16.8. The highest BCUT2D eigenvalue weighted by Crippen LogP contribution is 2.65. The van der Waals surface area contributed by atoms with Crippen molar-refractivity contribution in [3.63, 3.8) is 0 Å². The molecule has 1 aromatic heterocycles. The molecule has 6 N–H and O–H groups in total. The molecule has 14 heteroatoms. The molecular weight excluding hydrogens is 618 g/mol. The number of Topliss-reactive ketones (excluding diaryl/α,β-unsaturated/α-hetero) is 1. The number of aromatic nitrogens is 2. The molecule has 2 saturated carbocycles. The summed E-state index contributed by atoms with van der Waals surface area (Å²) in [5.74, 6) is -2.57. The molecule has 4 rings (SSSR count). The van der Waals surface area contributed by atoms with Gasteiger partial charge in [0.05, 0.1) is 24.8 Å². The molecule has 2 aliphatic carbocycles.